The van der Waals surface area contributed by atoms with Crippen LogP contribution in [0.5, 0.6) is 5.75 Å². The van der Waals surface area contributed by atoms with E-state index < -0.39 is 0 Å². The van der Waals surface area contributed by atoms with Gasteiger partial charge in [0.25, 0.3) is 0 Å². The summed E-state index contributed by atoms with van der Waals surface area (Å²) in [7, 11) is 1.70. The molecule has 3 nitrogen and oxygen atoms in total. The van der Waals surface area contributed by atoms with Crippen LogP contribution < -0.4 is 4.74 Å². The van der Waals surface area contributed by atoms with E-state index in [1.807, 2.05) is 24.3 Å². The van der Waals surface area contributed by atoms with Gasteiger partial charge in [0.1, 0.15) is 5.75 Å². The van der Waals surface area contributed by atoms with E-state index in [0.717, 1.165) is 57.4 Å². The SMILES string of the molecule is COc1ccc(Br)cc1CSc1c(Cl)cccc1CN1CCCC1CO. The van der Waals surface area contributed by atoms with E-state index in [2.05, 4.69) is 33.0 Å². The van der Waals surface area contributed by atoms with Crippen LogP contribution in [0.3, 0.4) is 0 Å². The Balaban J connectivity index is 1.79. The lowest BCUT2D eigenvalue weighted by Crippen LogP contribution is -2.31. The fourth-order valence-electron chi connectivity index (χ4n) is 3.38. The van der Waals surface area contributed by atoms with Gasteiger partial charge >= 0.3 is 0 Å². The molecular weight excluding hydrogens is 434 g/mol. The zero-order valence-corrected chi connectivity index (χ0v) is 17.9. The molecule has 1 atom stereocenters. The molecule has 1 saturated heterocycles. The molecule has 0 aromatic heterocycles. The van der Waals surface area contributed by atoms with Gasteiger partial charge in [0.15, 0.2) is 0 Å². The summed E-state index contributed by atoms with van der Waals surface area (Å²) in [6.07, 6.45) is 2.21. The Bertz CT molecular complexity index is 759. The van der Waals surface area contributed by atoms with Crippen LogP contribution in [0.25, 0.3) is 0 Å². The fourth-order valence-corrected chi connectivity index (χ4v) is 5.19. The maximum atomic E-state index is 9.58. The first-order valence-electron chi connectivity index (χ1n) is 8.70. The van der Waals surface area contributed by atoms with E-state index in [9.17, 15) is 5.11 Å². The number of likely N-dealkylation sites (tertiary alicyclic amines) is 1. The highest BCUT2D eigenvalue weighted by Gasteiger charge is 2.24. The highest BCUT2D eigenvalue weighted by Crippen LogP contribution is 2.37. The molecule has 0 radical (unpaired) electrons. The van der Waals surface area contributed by atoms with Crippen LogP contribution in [0, 0.1) is 0 Å². The second kappa shape index (κ2) is 9.47. The molecule has 0 saturated carbocycles. The van der Waals surface area contributed by atoms with Crippen LogP contribution in [0.15, 0.2) is 45.8 Å². The highest BCUT2D eigenvalue weighted by molar-refractivity contribution is 9.10. The zero-order valence-electron chi connectivity index (χ0n) is 14.8. The Hall–Kier alpha value is -0.720. The largest absolute Gasteiger partial charge is 0.496 e. The minimum Gasteiger partial charge on any atom is -0.496 e. The number of methoxy groups -OCH3 is 1. The number of halogens is 2. The molecule has 2 aromatic rings. The molecule has 1 heterocycles. The van der Waals surface area contributed by atoms with Gasteiger partial charge in [0.05, 0.1) is 18.7 Å². The molecule has 0 spiro atoms. The number of rotatable bonds is 7. The molecular formula is C20H23BrClNO2S. The third-order valence-electron chi connectivity index (χ3n) is 4.75. The Morgan fingerprint density at radius 3 is 2.92 bits per heavy atom. The minimum absolute atomic E-state index is 0.221. The average Bonchev–Trinajstić information content (AvgIpc) is 3.08. The predicted octanol–water partition coefficient (Wildman–Crippen LogP) is 5.36. The van der Waals surface area contributed by atoms with Crippen molar-refractivity contribution in [2.45, 2.75) is 36.1 Å². The summed E-state index contributed by atoms with van der Waals surface area (Å²) in [4.78, 5) is 3.47. The van der Waals surface area contributed by atoms with Crippen LogP contribution >= 0.6 is 39.3 Å². The number of benzene rings is 2. The fraction of sp³-hybridized carbons (Fsp3) is 0.400. The van der Waals surface area contributed by atoms with Crippen molar-refractivity contribution in [3.63, 3.8) is 0 Å². The summed E-state index contributed by atoms with van der Waals surface area (Å²) >= 11 is 11.8. The Kier molecular flexibility index (Phi) is 7.29. The van der Waals surface area contributed by atoms with Crippen molar-refractivity contribution in [2.75, 3.05) is 20.3 Å². The van der Waals surface area contributed by atoms with Crippen LogP contribution in [-0.4, -0.2) is 36.3 Å². The third-order valence-corrected chi connectivity index (χ3v) is 6.89. The van der Waals surface area contributed by atoms with Gasteiger partial charge in [0, 0.05) is 33.3 Å². The molecule has 1 aliphatic heterocycles. The van der Waals surface area contributed by atoms with Crippen LogP contribution in [0.4, 0.5) is 0 Å². The number of hydrogen-bond donors (Lipinski definition) is 1. The first kappa shape index (κ1) is 20.0. The normalized spacial score (nSPS) is 17.6. The summed E-state index contributed by atoms with van der Waals surface area (Å²) in [6, 6.07) is 12.4. The van der Waals surface area contributed by atoms with Crippen molar-refractivity contribution < 1.29 is 9.84 Å². The van der Waals surface area contributed by atoms with Gasteiger partial charge in [-0.2, -0.15) is 0 Å². The van der Waals surface area contributed by atoms with Crippen molar-refractivity contribution >= 4 is 39.3 Å². The van der Waals surface area contributed by atoms with E-state index in [-0.39, 0.29) is 12.6 Å². The lowest BCUT2D eigenvalue weighted by Gasteiger charge is -2.24. The summed E-state index contributed by atoms with van der Waals surface area (Å²) in [5.41, 5.74) is 2.35. The van der Waals surface area contributed by atoms with E-state index in [1.54, 1.807) is 18.9 Å². The summed E-state index contributed by atoms with van der Waals surface area (Å²) in [5.74, 6) is 1.66. The Morgan fingerprint density at radius 2 is 2.15 bits per heavy atom. The van der Waals surface area contributed by atoms with Crippen molar-refractivity contribution in [3.8, 4) is 5.75 Å². The summed E-state index contributed by atoms with van der Waals surface area (Å²) < 4.78 is 6.52. The van der Waals surface area contributed by atoms with Crippen molar-refractivity contribution in [1.29, 1.82) is 0 Å². The lowest BCUT2D eigenvalue weighted by molar-refractivity contribution is 0.153. The van der Waals surface area contributed by atoms with Crippen LogP contribution in [-0.2, 0) is 12.3 Å². The van der Waals surface area contributed by atoms with E-state index >= 15 is 0 Å². The number of ether oxygens (including phenoxy) is 1. The molecule has 6 heteroatoms. The molecule has 1 fully saturated rings. The molecule has 0 amide bonds. The quantitative estimate of drug-likeness (QED) is 0.569. The van der Waals surface area contributed by atoms with Gasteiger partial charge in [-0.3, -0.25) is 4.90 Å². The molecule has 0 bridgehead atoms. The Labute approximate surface area is 172 Å². The second-order valence-corrected chi connectivity index (χ2v) is 8.73. The first-order chi connectivity index (χ1) is 12.6. The number of hydrogen-bond acceptors (Lipinski definition) is 4. The number of aliphatic hydroxyl groups is 1. The molecule has 26 heavy (non-hydrogen) atoms. The summed E-state index contributed by atoms with van der Waals surface area (Å²) in [6.45, 7) is 2.07. The maximum Gasteiger partial charge on any atom is 0.122 e. The van der Waals surface area contributed by atoms with Crippen LogP contribution in [0.2, 0.25) is 5.02 Å². The highest BCUT2D eigenvalue weighted by atomic mass is 79.9. The van der Waals surface area contributed by atoms with Crippen molar-refractivity contribution in [1.82, 2.24) is 4.90 Å². The first-order valence-corrected chi connectivity index (χ1v) is 10.9. The average molecular weight is 457 g/mol. The molecule has 140 valence electrons. The smallest absolute Gasteiger partial charge is 0.122 e. The Morgan fingerprint density at radius 1 is 1.31 bits per heavy atom. The van der Waals surface area contributed by atoms with Gasteiger partial charge in [-0.25, -0.2) is 0 Å². The van der Waals surface area contributed by atoms with Crippen molar-refractivity contribution in [3.05, 3.63) is 57.0 Å². The number of nitrogens with zero attached hydrogens (tertiary/aromatic N) is 1. The molecule has 1 unspecified atom stereocenters. The molecule has 1 N–H and O–H groups in total. The second-order valence-electron chi connectivity index (χ2n) is 6.42. The van der Waals surface area contributed by atoms with Gasteiger partial charge in [-0.1, -0.05) is 39.7 Å². The van der Waals surface area contributed by atoms with E-state index in [1.165, 1.54) is 5.56 Å². The van der Waals surface area contributed by atoms with Gasteiger partial charge in [-0.15, -0.1) is 11.8 Å². The molecule has 3 rings (SSSR count). The monoisotopic (exact) mass is 455 g/mol. The minimum atomic E-state index is 0.221. The zero-order chi connectivity index (χ0) is 18.5. The lowest BCUT2D eigenvalue weighted by atomic mass is 10.2. The standard InChI is InChI=1S/C20H23BrClNO2S/c1-25-19-8-7-16(21)10-15(19)13-26-20-14(4-2-6-18(20)22)11-23-9-3-5-17(23)12-24/h2,4,6-8,10,17,24H,3,5,9,11-13H2,1H3. The topological polar surface area (TPSA) is 32.7 Å². The number of thioether (sulfide) groups is 1. The van der Waals surface area contributed by atoms with Gasteiger partial charge < -0.3 is 9.84 Å². The third kappa shape index (κ3) is 4.76. The van der Waals surface area contributed by atoms with Gasteiger partial charge in [-0.05, 0) is 49.2 Å². The van der Waals surface area contributed by atoms with E-state index in [4.69, 9.17) is 16.3 Å². The molecule has 0 aliphatic carbocycles. The summed E-state index contributed by atoms with van der Waals surface area (Å²) in [5, 5.41) is 10.4. The predicted molar refractivity (Wildman–Crippen MR) is 112 cm³/mol. The number of aliphatic hydroxyl groups excluding tert-OH is 1. The van der Waals surface area contributed by atoms with Gasteiger partial charge in [0.2, 0.25) is 0 Å². The van der Waals surface area contributed by atoms with Crippen molar-refractivity contribution in [2.24, 2.45) is 0 Å². The maximum absolute atomic E-state index is 9.58. The molecule has 1 aliphatic rings. The molecule has 2 aromatic carbocycles. The van der Waals surface area contributed by atoms with Crippen LogP contribution in [0.1, 0.15) is 24.0 Å². The van der Waals surface area contributed by atoms with E-state index in [0.29, 0.717) is 0 Å².